The van der Waals surface area contributed by atoms with E-state index in [1.165, 1.54) is 18.2 Å². The van der Waals surface area contributed by atoms with Crippen molar-refractivity contribution in [2.75, 3.05) is 11.9 Å². The predicted molar refractivity (Wildman–Crippen MR) is 103 cm³/mol. The van der Waals surface area contributed by atoms with Gasteiger partial charge in [0.2, 0.25) is 0 Å². The van der Waals surface area contributed by atoms with Gasteiger partial charge in [0.25, 0.3) is 6.43 Å². The first kappa shape index (κ1) is 18.9. The van der Waals surface area contributed by atoms with Gasteiger partial charge in [-0.1, -0.05) is 0 Å². The van der Waals surface area contributed by atoms with Gasteiger partial charge in [-0.2, -0.15) is 5.10 Å². The summed E-state index contributed by atoms with van der Waals surface area (Å²) in [6, 6.07) is 7.00. The van der Waals surface area contributed by atoms with Crippen molar-refractivity contribution in [2.24, 2.45) is 0 Å². The molecule has 2 N–H and O–H groups in total. The van der Waals surface area contributed by atoms with Crippen molar-refractivity contribution in [1.29, 1.82) is 0 Å². The molecule has 0 aliphatic carbocycles. The fraction of sp³-hybridized carbons (Fsp3) is 0.200. The van der Waals surface area contributed by atoms with Crippen molar-refractivity contribution in [2.45, 2.75) is 19.4 Å². The number of fused-ring (bicyclic) bond motifs is 1. The topological polar surface area (TPSA) is 67.2 Å². The van der Waals surface area contributed by atoms with Crippen LogP contribution in [0.5, 0.6) is 5.75 Å². The highest BCUT2D eigenvalue weighted by Gasteiger charge is 2.16. The van der Waals surface area contributed by atoms with Crippen molar-refractivity contribution >= 4 is 11.5 Å². The molecule has 0 saturated heterocycles. The van der Waals surface area contributed by atoms with E-state index in [4.69, 9.17) is 4.74 Å². The van der Waals surface area contributed by atoms with Crippen LogP contribution in [0.3, 0.4) is 0 Å². The summed E-state index contributed by atoms with van der Waals surface area (Å²) in [4.78, 5) is 7.60. The number of hydrogen-bond donors (Lipinski definition) is 2. The van der Waals surface area contributed by atoms with Crippen molar-refractivity contribution in [3.05, 3.63) is 66.5 Å². The lowest BCUT2D eigenvalue weighted by atomic mass is 10.1. The minimum atomic E-state index is -2.62. The van der Waals surface area contributed by atoms with Crippen LogP contribution in [0.25, 0.3) is 16.8 Å². The number of anilines is 1. The number of benzene rings is 1. The average molecular weight is 401 g/mol. The number of halogens is 3. The van der Waals surface area contributed by atoms with Gasteiger partial charge in [-0.3, -0.25) is 0 Å². The number of nitrogens with zero attached hydrogens (tertiary/aromatic N) is 3. The summed E-state index contributed by atoms with van der Waals surface area (Å²) in [5.41, 5.74) is 2.88. The summed E-state index contributed by atoms with van der Waals surface area (Å²) in [7, 11) is 0. The first-order valence-corrected chi connectivity index (χ1v) is 8.96. The van der Waals surface area contributed by atoms with Gasteiger partial charge in [0.1, 0.15) is 24.0 Å². The van der Waals surface area contributed by atoms with Gasteiger partial charge in [-0.15, -0.1) is 0 Å². The second kappa shape index (κ2) is 7.86. The molecule has 4 aromatic rings. The fourth-order valence-corrected chi connectivity index (χ4v) is 3.09. The molecule has 0 bridgehead atoms. The summed E-state index contributed by atoms with van der Waals surface area (Å²) in [6.07, 6.45) is 4.53. The average Bonchev–Trinajstić information content (AvgIpc) is 3.36. The summed E-state index contributed by atoms with van der Waals surface area (Å²) in [5.74, 6) is 0.253. The zero-order chi connectivity index (χ0) is 20.4. The number of H-pyrrole nitrogens is 1. The van der Waals surface area contributed by atoms with Crippen LogP contribution in [0.1, 0.15) is 18.5 Å². The van der Waals surface area contributed by atoms with Gasteiger partial charge >= 0.3 is 0 Å². The van der Waals surface area contributed by atoms with Crippen LogP contribution >= 0.6 is 0 Å². The molecule has 3 heterocycles. The van der Waals surface area contributed by atoms with Crippen LogP contribution in [0.15, 0.2) is 55.1 Å². The maximum absolute atomic E-state index is 13.8. The number of ether oxygens (including phenoxy) is 1. The molecule has 4 rings (SSSR count). The predicted octanol–water partition coefficient (Wildman–Crippen LogP) is 4.68. The molecule has 0 unspecified atom stereocenters. The quantitative estimate of drug-likeness (QED) is 0.472. The largest absolute Gasteiger partial charge is 0.487 e. The molecule has 9 heteroatoms. The number of rotatable bonds is 7. The van der Waals surface area contributed by atoms with Gasteiger partial charge in [0.15, 0.2) is 5.65 Å². The second-order valence-corrected chi connectivity index (χ2v) is 6.49. The Morgan fingerprint density at radius 1 is 1.24 bits per heavy atom. The Kier molecular flexibility index (Phi) is 5.11. The van der Waals surface area contributed by atoms with Crippen LogP contribution in [0, 0.1) is 5.82 Å². The molecule has 0 radical (unpaired) electrons. The van der Waals surface area contributed by atoms with E-state index in [2.05, 4.69) is 20.4 Å². The summed E-state index contributed by atoms with van der Waals surface area (Å²) >= 11 is 0. The van der Waals surface area contributed by atoms with Crippen molar-refractivity contribution in [3.8, 4) is 16.9 Å². The zero-order valence-electron chi connectivity index (χ0n) is 15.4. The van der Waals surface area contributed by atoms with Gasteiger partial charge in [-0.25, -0.2) is 22.7 Å². The minimum absolute atomic E-state index is 0.199. The van der Waals surface area contributed by atoms with E-state index in [9.17, 15) is 13.2 Å². The smallest absolute Gasteiger partial charge is 0.272 e. The SMILES string of the molecule is C[C@@H](Nc1ccn2ncc(-c3cc[nH]c3)c2n1)c1cc(F)ccc1OCC(F)F. The van der Waals surface area contributed by atoms with E-state index in [0.29, 0.717) is 17.0 Å². The fourth-order valence-electron chi connectivity index (χ4n) is 3.09. The monoisotopic (exact) mass is 401 g/mol. The van der Waals surface area contributed by atoms with E-state index in [1.54, 1.807) is 29.9 Å². The molecular formula is C20H18F3N5O. The van der Waals surface area contributed by atoms with E-state index in [1.807, 2.05) is 18.5 Å². The molecular weight excluding hydrogens is 383 g/mol. The molecule has 1 atom stereocenters. The van der Waals surface area contributed by atoms with Crippen molar-refractivity contribution in [1.82, 2.24) is 19.6 Å². The maximum atomic E-state index is 13.8. The highest BCUT2D eigenvalue weighted by atomic mass is 19.3. The van der Waals surface area contributed by atoms with Crippen LogP contribution in [-0.4, -0.2) is 32.6 Å². The molecule has 6 nitrogen and oxygen atoms in total. The summed E-state index contributed by atoms with van der Waals surface area (Å²) in [6.45, 7) is 1.02. The lowest BCUT2D eigenvalue weighted by Crippen LogP contribution is -2.13. The first-order chi connectivity index (χ1) is 14.0. The molecule has 150 valence electrons. The molecule has 0 aliphatic heterocycles. The van der Waals surface area contributed by atoms with Gasteiger partial charge in [-0.05, 0) is 37.3 Å². The molecule has 3 aromatic heterocycles. The maximum Gasteiger partial charge on any atom is 0.272 e. The number of aromatic amines is 1. The Morgan fingerprint density at radius 2 is 2.10 bits per heavy atom. The van der Waals surface area contributed by atoms with Crippen molar-refractivity contribution in [3.63, 3.8) is 0 Å². The Bertz CT molecular complexity index is 1110. The molecule has 0 saturated carbocycles. The minimum Gasteiger partial charge on any atom is -0.487 e. The zero-order valence-corrected chi connectivity index (χ0v) is 15.4. The molecule has 0 aliphatic rings. The number of nitrogens with one attached hydrogen (secondary N) is 2. The first-order valence-electron chi connectivity index (χ1n) is 8.96. The standard InChI is InChI=1S/C20H18F3N5O/c1-12(15-8-14(21)2-3-17(15)29-11-18(22)23)26-19-5-7-28-20(27-19)16(10-25-28)13-4-6-24-9-13/h2-10,12,18,24H,11H2,1H3,(H,26,27)/t12-/m1/s1. The highest BCUT2D eigenvalue weighted by Crippen LogP contribution is 2.30. The van der Waals surface area contributed by atoms with Crippen LogP contribution < -0.4 is 10.1 Å². The third kappa shape index (κ3) is 4.03. The van der Waals surface area contributed by atoms with E-state index in [0.717, 1.165) is 11.1 Å². The van der Waals surface area contributed by atoms with Gasteiger partial charge < -0.3 is 15.0 Å². The molecule has 29 heavy (non-hydrogen) atoms. The summed E-state index contributed by atoms with van der Waals surface area (Å²) < 4.78 is 45.6. The lowest BCUT2D eigenvalue weighted by molar-refractivity contribution is 0.0813. The van der Waals surface area contributed by atoms with E-state index in [-0.39, 0.29) is 5.75 Å². The van der Waals surface area contributed by atoms with Crippen molar-refractivity contribution < 1.29 is 17.9 Å². The Labute approximate surface area is 164 Å². The summed E-state index contributed by atoms with van der Waals surface area (Å²) in [5, 5.41) is 7.47. The molecule has 0 spiro atoms. The highest BCUT2D eigenvalue weighted by molar-refractivity contribution is 5.77. The normalized spacial score (nSPS) is 12.4. The number of alkyl halides is 2. The number of aromatic nitrogens is 4. The Balaban J connectivity index is 1.61. The number of hydrogen-bond acceptors (Lipinski definition) is 4. The van der Waals surface area contributed by atoms with Gasteiger partial charge in [0, 0.05) is 35.3 Å². The van der Waals surface area contributed by atoms with Crippen LogP contribution in [0.2, 0.25) is 0 Å². The molecule has 0 fully saturated rings. The van der Waals surface area contributed by atoms with E-state index < -0.39 is 24.9 Å². The lowest BCUT2D eigenvalue weighted by Gasteiger charge is -2.19. The third-order valence-electron chi connectivity index (χ3n) is 4.45. The Hall–Kier alpha value is -3.49. The Morgan fingerprint density at radius 3 is 2.86 bits per heavy atom. The molecule has 1 aromatic carbocycles. The van der Waals surface area contributed by atoms with E-state index >= 15 is 0 Å². The second-order valence-electron chi connectivity index (χ2n) is 6.49. The third-order valence-corrected chi connectivity index (χ3v) is 4.45. The van der Waals surface area contributed by atoms with Crippen LogP contribution in [-0.2, 0) is 0 Å². The molecule has 0 amide bonds. The van der Waals surface area contributed by atoms with Gasteiger partial charge in [0.05, 0.1) is 12.2 Å². The van der Waals surface area contributed by atoms with Crippen LogP contribution in [0.4, 0.5) is 19.0 Å².